The number of benzene rings is 2. The summed E-state index contributed by atoms with van der Waals surface area (Å²) < 4.78 is 47.4. The van der Waals surface area contributed by atoms with Crippen LogP contribution in [0.2, 0.25) is 0 Å². The first-order valence-electron chi connectivity index (χ1n) is 6.94. The molecule has 3 rings (SSSR count). The minimum Gasteiger partial charge on any atom is -0.477 e. The van der Waals surface area contributed by atoms with Crippen LogP contribution in [0.15, 0.2) is 47.0 Å². The Bertz CT molecular complexity index is 924. The summed E-state index contributed by atoms with van der Waals surface area (Å²) >= 11 is 5.62. The second kappa shape index (κ2) is 6.64. The Kier molecular flexibility index (Phi) is 4.54. The molecule has 0 atom stereocenters. The number of alkyl halides is 4. The lowest BCUT2D eigenvalue weighted by molar-refractivity contribution is -0.167. The Hall–Kier alpha value is -2.74. The summed E-state index contributed by atoms with van der Waals surface area (Å²) in [4.78, 5) is 14.8. The average molecular weight is 371 g/mol. The molecule has 2 aromatic carbocycles. The monoisotopic (exact) mass is 370 g/mol. The number of hydrogen-bond donors (Lipinski definition) is 1. The molecule has 25 heavy (non-hydrogen) atoms. The summed E-state index contributed by atoms with van der Waals surface area (Å²) in [6, 6.07) is 10.6. The van der Waals surface area contributed by atoms with Crippen LogP contribution in [0.1, 0.15) is 0 Å². The number of aromatic nitrogens is 1. The standard InChI is InChI=1S/C16H10ClF3N2O3/c17-8-24-12-6-10(5-9-3-1-2-4-11(9)12)14-21-7-13(25-14)22-15(23)16(18,19)20/h1-7H,8H2,(H,22,23). The number of nitrogens with one attached hydrogen (secondary N) is 1. The summed E-state index contributed by atoms with van der Waals surface area (Å²) in [5.41, 5.74) is 0.464. The minimum atomic E-state index is -5.02. The lowest BCUT2D eigenvalue weighted by atomic mass is 10.1. The van der Waals surface area contributed by atoms with Crippen molar-refractivity contribution in [2.24, 2.45) is 0 Å². The van der Waals surface area contributed by atoms with Gasteiger partial charge in [-0.25, -0.2) is 4.98 Å². The maximum absolute atomic E-state index is 12.3. The van der Waals surface area contributed by atoms with E-state index < -0.39 is 18.0 Å². The molecule has 0 spiro atoms. The van der Waals surface area contributed by atoms with Gasteiger partial charge in [0.1, 0.15) is 5.75 Å². The van der Waals surface area contributed by atoms with Crippen LogP contribution in [0.3, 0.4) is 0 Å². The van der Waals surface area contributed by atoms with Crippen LogP contribution in [-0.2, 0) is 4.79 Å². The fourth-order valence-corrected chi connectivity index (χ4v) is 2.34. The van der Waals surface area contributed by atoms with E-state index in [1.807, 2.05) is 24.3 Å². The quantitative estimate of drug-likeness (QED) is 0.683. The van der Waals surface area contributed by atoms with Gasteiger partial charge in [-0.2, -0.15) is 13.2 Å². The molecule has 0 bridgehead atoms. The van der Waals surface area contributed by atoms with Crippen LogP contribution in [0, 0.1) is 0 Å². The third-order valence-corrected chi connectivity index (χ3v) is 3.39. The first-order valence-corrected chi connectivity index (χ1v) is 7.48. The highest BCUT2D eigenvalue weighted by molar-refractivity contribution is 6.17. The van der Waals surface area contributed by atoms with E-state index in [1.54, 1.807) is 17.4 Å². The number of ether oxygens (including phenoxy) is 1. The van der Waals surface area contributed by atoms with Crippen LogP contribution in [0.5, 0.6) is 5.75 Å². The fraction of sp³-hybridized carbons (Fsp3) is 0.125. The summed E-state index contributed by atoms with van der Waals surface area (Å²) in [7, 11) is 0. The van der Waals surface area contributed by atoms with Gasteiger partial charge in [0.15, 0.2) is 6.07 Å². The van der Waals surface area contributed by atoms with Gasteiger partial charge in [0.2, 0.25) is 11.8 Å². The van der Waals surface area contributed by atoms with Crippen molar-refractivity contribution in [3.8, 4) is 17.2 Å². The number of rotatable bonds is 4. The SMILES string of the molecule is O=C(Nc1cnc(-c2cc(OCCl)c3ccccc3c2)o1)C(F)(F)F. The van der Waals surface area contributed by atoms with Crippen molar-refractivity contribution in [3.63, 3.8) is 0 Å². The smallest absolute Gasteiger partial charge is 0.471 e. The zero-order valence-corrected chi connectivity index (χ0v) is 13.2. The van der Waals surface area contributed by atoms with Crippen LogP contribution < -0.4 is 10.1 Å². The van der Waals surface area contributed by atoms with Crippen LogP contribution in [0.4, 0.5) is 19.1 Å². The van der Waals surface area contributed by atoms with Gasteiger partial charge in [0, 0.05) is 10.9 Å². The molecule has 0 saturated heterocycles. The molecule has 0 saturated carbocycles. The molecule has 0 unspecified atom stereocenters. The maximum atomic E-state index is 12.3. The fourth-order valence-electron chi connectivity index (χ4n) is 2.23. The Morgan fingerprint density at radius 2 is 2.04 bits per heavy atom. The Morgan fingerprint density at radius 1 is 1.28 bits per heavy atom. The average Bonchev–Trinajstić information content (AvgIpc) is 3.02. The summed E-state index contributed by atoms with van der Waals surface area (Å²) in [6.07, 6.45) is -4.02. The van der Waals surface area contributed by atoms with E-state index in [2.05, 4.69) is 4.98 Å². The number of anilines is 1. The predicted octanol–water partition coefficient (Wildman–Crippen LogP) is 4.57. The molecule has 0 fully saturated rings. The molecule has 0 aliphatic heterocycles. The zero-order chi connectivity index (χ0) is 18.0. The first-order chi connectivity index (χ1) is 11.9. The summed E-state index contributed by atoms with van der Waals surface area (Å²) in [6.45, 7) is 0. The van der Waals surface area contributed by atoms with Crippen LogP contribution in [-0.4, -0.2) is 23.1 Å². The van der Waals surface area contributed by atoms with Crippen molar-refractivity contribution < 1.29 is 27.1 Å². The Balaban J connectivity index is 1.96. The highest BCUT2D eigenvalue weighted by Gasteiger charge is 2.39. The number of amides is 1. The van der Waals surface area contributed by atoms with Crippen molar-refractivity contribution in [2.75, 3.05) is 11.4 Å². The summed E-state index contributed by atoms with van der Waals surface area (Å²) in [5, 5.41) is 3.22. The third kappa shape index (κ3) is 3.69. The molecule has 130 valence electrons. The first kappa shape index (κ1) is 17.1. The van der Waals surface area contributed by atoms with Gasteiger partial charge < -0.3 is 9.15 Å². The van der Waals surface area contributed by atoms with E-state index in [-0.39, 0.29) is 12.0 Å². The zero-order valence-electron chi connectivity index (χ0n) is 12.4. The topological polar surface area (TPSA) is 64.4 Å². The largest absolute Gasteiger partial charge is 0.477 e. The van der Waals surface area contributed by atoms with Crippen molar-refractivity contribution in [1.82, 2.24) is 4.98 Å². The van der Waals surface area contributed by atoms with Gasteiger partial charge >= 0.3 is 12.1 Å². The van der Waals surface area contributed by atoms with Gasteiger partial charge in [-0.3, -0.25) is 10.1 Å². The van der Waals surface area contributed by atoms with E-state index in [4.69, 9.17) is 20.8 Å². The van der Waals surface area contributed by atoms with Crippen molar-refractivity contribution in [1.29, 1.82) is 0 Å². The maximum Gasteiger partial charge on any atom is 0.471 e. The lowest BCUT2D eigenvalue weighted by Crippen LogP contribution is -2.29. The van der Waals surface area contributed by atoms with Gasteiger partial charge in [0.25, 0.3) is 0 Å². The van der Waals surface area contributed by atoms with Gasteiger partial charge in [-0.15, -0.1) is 0 Å². The second-order valence-electron chi connectivity index (χ2n) is 4.93. The van der Waals surface area contributed by atoms with E-state index in [9.17, 15) is 18.0 Å². The van der Waals surface area contributed by atoms with Crippen LogP contribution >= 0.6 is 11.6 Å². The Labute approximate surface area is 144 Å². The third-order valence-electron chi connectivity index (χ3n) is 3.28. The minimum absolute atomic E-state index is 0.0302. The van der Waals surface area contributed by atoms with Gasteiger partial charge in [-0.1, -0.05) is 35.9 Å². The molecule has 1 N–H and O–H groups in total. The number of fused-ring (bicyclic) bond motifs is 1. The molecule has 1 heterocycles. The number of oxazole rings is 1. The molecular weight excluding hydrogens is 361 g/mol. The van der Waals surface area contributed by atoms with Crippen molar-refractivity contribution in [2.45, 2.75) is 6.18 Å². The normalized spacial score (nSPS) is 11.5. The number of carbonyl (C=O) groups excluding carboxylic acids is 1. The highest BCUT2D eigenvalue weighted by atomic mass is 35.5. The molecule has 3 aromatic rings. The second-order valence-corrected chi connectivity index (χ2v) is 5.15. The lowest BCUT2D eigenvalue weighted by Gasteiger charge is -2.08. The Morgan fingerprint density at radius 3 is 2.76 bits per heavy atom. The number of nitrogens with zero attached hydrogens (tertiary/aromatic N) is 1. The molecule has 0 aliphatic rings. The van der Waals surface area contributed by atoms with Crippen molar-refractivity contribution >= 4 is 34.2 Å². The molecule has 5 nitrogen and oxygen atoms in total. The molecule has 1 amide bonds. The van der Waals surface area contributed by atoms with E-state index in [0.29, 0.717) is 11.3 Å². The van der Waals surface area contributed by atoms with E-state index in [1.165, 1.54) is 0 Å². The van der Waals surface area contributed by atoms with Gasteiger partial charge in [0.05, 0.1) is 6.20 Å². The molecular formula is C16H10ClF3N2O3. The highest BCUT2D eigenvalue weighted by Crippen LogP contribution is 2.33. The number of halogens is 4. The van der Waals surface area contributed by atoms with E-state index >= 15 is 0 Å². The molecule has 1 aromatic heterocycles. The predicted molar refractivity (Wildman–Crippen MR) is 85.5 cm³/mol. The summed E-state index contributed by atoms with van der Waals surface area (Å²) in [5.74, 6) is -2.05. The molecule has 9 heteroatoms. The van der Waals surface area contributed by atoms with Crippen molar-refractivity contribution in [3.05, 3.63) is 42.6 Å². The number of hydrogen-bond acceptors (Lipinski definition) is 4. The van der Waals surface area contributed by atoms with Gasteiger partial charge in [-0.05, 0) is 17.5 Å². The van der Waals surface area contributed by atoms with Crippen LogP contribution in [0.25, 0.3) is 22.2 Å². The molecule has 0 aliphatic carbocycles. The molecule has 0 radical (unpaired) electrons. The van der Waals surface area contributed by atoms with E-state index in [0.717, 1.165) is 17.0 Å². The number of carbonyl (C=O) groups is 1.